The monoisotopic (exact) mass is 363 g/mol. The predicted molar refractivity (Wildman–Crippen MR) is 96.6 cm³/mol. The number of hydrogen-bond acceptors (Lipinski definition) is 5. The molecule has 0 saturated carbocycles. The maximum Gasteiger partial charge on any atom is 0.339 e. The van der Waals surface area contributed by atoms with Crippen LogP contribution in [0, 0.1) is 11.8 Å². The molecule has 2 saturated heterocycles. The Hall–Kier alpha value is -1.50. The van der Waals surface area contributed by atoms with Crippen LogP contribution in [-0.2, 0) is 14.2 Å². The fourth-order valence-corrected chi connectivity index (χ4v) is 3.98. The van der Waals surface area contributed by atoms with Crippen LogP contribution in [0.15, 0.2) is 24.5 Å². The van der Waals surface area contributed by atoms with Gasteiger partial charge in [-0.15, -0.1) is 0 Å². The third-order valence-corrected chi connectivity index (χ3v) is 5.18. The third-order valence-electron chi connectivity index (χ3n) is 5.18. The number of fused-ring (bicyclic) bond motifs is 1. The van der Waals surface area contributed by atoms with Crippen molar-refractivity contribution < 1.29 is 23.9 Å². The molecule has 1 aromatic heterocycles. The quantitative estimate of drug-likeness (QED) is 0.747. The molecule has 0 aromatic carbocycles. The van der Waals surface area contributed by atoms with Crippen molar-refractivity contribution in [2.45, 2.75) is 58.5 Å². The van der Waals surface area contributed by atoms with E-state index in [1.165, 1.54) is 11.1 Å². The lowest BCUT2D eigenvalue weighted by atomic mass is 10.00. The molecule has 3 rings (SSSR count). The molecule has 0 bridgehead atoms. The highest BCUT2D eigenvalue weighted by Crippen LogP contribution is 2.24. The lowest BCUT2D eigenvalue weighted by molar-refractivity contribution is -0.989. The van der Waals surface area contributed by atoms with Gasteiger partial charge < -0.3 is 14.2 Å². The van der Waals surface area contributed by atoms with Crippen molar-refractivity contribution in [3.63, 3.8) is 0 Å². The number of hydrogen-bond donors (Lipinski definition) is 1. The van der Waals surface area contributed by atoms with E-state index in [0.717, 1.165) is 12.8 Å². The lowest BCUT2D eigenvalue weighted by Gasteiger charge is -2.31. The van der Waals surface area contributed by atoms with Crippen LogP contribution in [0.2, 0.25) is 0 Å². The normalized spacial score (nSPS) is 30.8. The Morgan fingerprint density at radius 1 is 1.23 bits per heavy atom. The lowest BCUT2D eigenvalue weighted by Crippen LogP contribution is -3.23. The Balaban J connectivity index is 1.72. The maximum absolute atomic E-state index is 12.4. The molecule has 0 amide bonds. The van der Waals surface area contributed by atoms with Crippen molar-refractivity contribution >= 4 is 5.97 Å². The summed E-state index contributed by atoms with van der Waals surface area (Å²) in [6, 6.07) is 3.46. The van der Waals surface area contributed by atoms with Crippen molar-refractivity contribution in [1.29, 1.82) is 0 Å². The van der Waals surface area contributed by atoms with Gasteiger partial charge in [-0.3, -0.25) is 9.88 Å². The van der Waals surface area contributed by atoms with Gasteiger partial charge in [0.15, 0.2) is 24.6 Å². The van der Waals surface area contributed by atoms with E-state index < -0.39 is 0 Å². The predicted octanol–water partition coefficient (Wildman–Crippen LogP) is 1.67. The number of pyridine rings is 1. The van der Waals surface area contributed by atoms with Crippen LogP contribution >= 0.6 is 0 Å². The van der Waals surface area contributed by atoms with Crippen molar-refractivity contribution in [2.24, 2.45) is 11.8 Å². The fraction of sp³-hybridized carbons (Fsp3) is 0.700. The Kier molecular flexibility index (Phi) is 5.95. The zero-order valence-corrected chi connectivity index (χ0v) is 16.2. The molecule has 2 fully saturated rings. The van der Waals surface area contributed by atoms with Crippen molar-refractivity contribution in [2.75, 3.05) is 19.8 Å². The zero-order valence-electron chi connectivity index (χ0n) is 16.2. The summed E-state index contributed by atoms with van der Waals surface area (Å²) in [6.07, 6.45) is 5.32. The number of aromatic nitrogens is 1. The fourth-order valence-electron chi connectivity index (χ4n) is 3.98. The molecule has 6 heteroatoms. The molecule has 6 nitrogen and oxygen atoms in total. The molecule has 0 unspecified atom stereocenters. The molecule has 1 N–H and O–H groups in total. The maximum atomic E-state index is 12.4. The summed E-state index contributed by atoms with van der Waals surface area (Å²) in [5.41, 5.74) is 0.164. The van der Waals surface area contributed by atoms with E-state index in [1.54, 1.807) is 18.3 Å². The molecule has 3 heterocycles. The van der Waals surface area contributed by atoms with Gasteiger partial charge in [0.1, 0.15) is 13.2 Å². The summed E-state index contributed by atoms with van der Waals surface area (Å²) in [5.74, 6) is 0.745. The summed E-state index contributed by atoms with van der Waals surface area (Å²) in [5, 5.41) is 0. The summed E-state index contributed by atoms with van der Waals surface area (Å²) < 4.78 is 18.0. The van der Waals surface area contributed by atoms with E-state index in [2.05, 4.69) is 32.7 Å². The van der Waals surface area contributed by atoms with Gasteiger partial charge in [0.05, 0.1) is 5.56 Å². The minimum absolute atomic E-state index is 0.0957. The molecule has 26 heavy (non-hydrogen) atoms. The van der Waals surface area contributed by atoms with Crippen LogP contribution in [0.25, 0.3) is 0 Å². The van der Waals surface area contributed by atoms with Crippen molar-refractivity contribution in [3.05, 3.63) is 30.1 Å². The number of carbonyl (C=O) groups is 1. The zero-order chi connectivity index (χ0) is 18.7. The summed E-state index contributed by atoms with van der Waals surface area (Å²) >= 11 is 0. The van der Waals surface area contributed by atoms with E-state index in [0.29, 0.717) is 37.2 Å². The average molecular weight is 363 g/mol. The van der Waals surface area contributed by atoms with E-state index in [-0.39, 0.29) is 24.0 Å². The van der Waals surface area contributed by atoms with Gasteiger partial charge in [-0.05, 0) is 24.0 Å². The van der Waals surface area contributed by atoms with E-state index >= 15 is 0 Å². The molecule has 0 aliphatic carbocycles. The Labute approximate surface area is 155 Å². The first-order valence-corrected chi connectivity index (χ1v) is 9.59. The molecule has 0 radical (unpaired) electrons. The van der Waals surface area contributed by atoms with Crippen LogP contribution in [-0.4, -0.2) is 48.8 Å². The van der Waals surface area contributed by atoms with Gasteiger partial charge in [0.25, 0.3) is 0 Å². The van der Waals surface area contributed by atoms with E-state index in [1.807, 2.05) is 0 Å². The van der Waals surface area contributed by atoms with Crippen LogP contribution in [0.5, 0.6) is 0 Å². The SMILES string of the molecule is CC(C)C[C@@H]1OCC2(COC(=O)c3cccnc3)CO[C@@H](CC(C)C)[NH+]12. The number of nitrogens with zero attached hydrogens (tertiary/aromatic N) is 1. The largest absolute Gasteiger partial charge is 0.455 e. The van der Waals surface area contributed by atoms with Gasteiger partial charge in [-0.25, -0.2) is 4.79 Å². The molecule has 2 atom stereocenters. The molecular formula is C20H31N2O4+. The molecule has 0 spiro atoms. The second-order valence-electron chi connectivity index (χ2n) is 8.41. The Morgan fingerprint density at radius 2 is 1.85 bits per heavy atom. The molecule has 1 aromatic rings. The first kappa shape index (κ1) is 19.3. The average Bonchev–Trinajstić information content (AvgIpc) is 3.12. The van der Waals surface area contributed by atoms with E-state index in [4.69, 9.17) is 14.2 Å². The number of esters is 1. The Bertz CT molecular complexity index is 583. The van der Waals surface area contributed by atoms with Crippen LogP contribution in [0.4, 0.5) is 0 Å². The summed E-state index contributed by atoms with van der Waals surface area (Å²) in [6.45, 7) is 10.3. The second kappa shape index (κ2) is 8.03. The van der Waals surface area contributed by atoms with Gasteiger partial charge in [0, 0.05) is 25.2 Å². The van der Waals surface area contributed by atoms with Gasteiger partial charge in [-0.1, -0.05) is 27.7 Å². The summed E-state index contributed by atoms with van der Waals surface area (Å²) in [4.78, 5) is 17.6. The van der Waals surface area contributed by atoms with Gasteiger partial charge in [0.2, 0.25) is 0 Å². The molecule has 144 valence electrons. The van der Waals surface area contributed by atoms with Crippen LogP contribution < -0.4 is 4.90 Å². The number of quaternary nitrogens is 1. The molecular weight excluding hydrogens is 332 g/mol. The molecule has 2 aliphatic heterocycles. The minimum atomic E-state index is -0.341. The Morgan fingerprint density at radius 3 is 2.35 bits per heavy atom. The van der Waals surface area contributed by atoms with Gasteiger partial charge >= 0.3 is 5.97 Å². The highest BCUT2D eigenvalue weighted by Gasteiger charge is 2.61. The first-order valence-electron chi connectivity index (χ1n) is 9.59. The minimum Gasteiger partial charge on any atom is -0.455 e. The number of carbonyl (C=O) groups excluding carboxylic acids is 1. The van der Waals surface area contributed by atoms with Gasteiger partial charge in [-0.2, -0.15) is 0 Å². The smallest absolute Gasteiger partial charge is 0.339 e. The molecule has 2 aliphatic rings. The number of ether oxygens (including phenoxy) is 3. The first-order chi connectivity index (χ1) is 12.4. The standard InChI is InChI=1S/C20H30N2O4/c1-14(2)8-17-22-18(9-15(3)4)25-12-20(22,11-24-17)13-26-19(23)16-6-5-7-21-10-16/h5-7,10,14-15,17-18H,8-9,11-13H2,1-4H3/p+1/t17-,18-/m0/s1. The van der Waals surface area contributed by atoms with Crippen molar-refractivity contribution in [3.8, 4) is 0 Å². The number of rotatable bonds is 7. The second-order valence-corrected chi connectivity index (χ2v) is 8.41. The topological polar surface area (TPSA) is 62.1 Å². The third kappa shape index (κ3) is 4.08. The van der Waals surface area contributed by atoms with Crippen LogP contribution in [0.3, 0.4) is 0 Å². The van der Waals surface area contributed by atoms with Crippen molar-refractivity contribution in [1.82, 2.24) is 4.98 Å². The van der Waals surface area contributed by atoms with Crippen LogP contribution in [0.1, 0.15) is 50.9 Å². The van der Waals surface area contributed by atoms with E-state index in [9.17, 15) is 4.79 Å². The number of nitrogens with one attached hydrogen (secondary N) is 1. The summed E-state index contributed by atoms with van der Waals surface area (Å²) in [7, 11) is 0. The highest BCUT2D eigenvalue weighted by atomic mass is 16.6. The highest BCUT2D eigenvalue weighted by molar-refractivity contribution is 5.88.